The van der Waals surface area contributed by atoms with E-state index in [0.717, 1.165) is 0 Å². The number of ether oxygens (including phenoxy) is 1. The van der Waals surface area contributed by atoms with E-state index in [2.05, 4.69) is 31.0 Å². The number of nitrogens with zero attached hydrogens (tertiary/aromatic N) is 1. The highest BCUT2D eigenvalue weighted by Gasteiger charge is 2.18. The highest BCUT2D eigenvalue weighted by molar-refractivity contribution is 9.10. The topological polar surface area (TPSA) is 71.5 Å². The zero-order valence-corrected chi connectivity index (χ0v) is 9.69. The maximum atomic E-state index is 11.2. The molecule has 15 heavy (non-hydrogen) atoms. The van der Waals surface area contributed by atoms with Crippen LogP contribution >= 0.6 is 15.9 Å². The summed E-state index contributed by atoms with van der Waals surface area (Å²) >= 11 is 3.27. The molecule has 1 aromatic heterocycles. The number of aromatic nitrogens is 1. The Labute approximate surface area is 95.6 Å². The van der Waals surface area contributed by atoms with Gasteiger partial charge < -0.3 is 15.2 Å². The molecule has 1 heterocycles. The summed E-state index contributed by atoms with van der Waals surface area (Å²) in [5.74, 6) is -0.0444. The number of hydrogen-bond acceptors (Lipinski definition) is 5. The first-order valence-corrected chi connectivity index (χ1v) is 5.04. The third-order valence-corrected chi connectivity index (χ3v) is 2.38. The van der Waals surface area contributed by atoms with Gasteiger partial charge in [-0.25, -0.2) is 9.78 Å². The van der Waals surface area contributed by atoms with Gasteiger partial charge in [0.2, 0.25) is 0 Å². The molecule has 5 nitrogen and oxygen atoms in total. The number of halogens is 1. The van der Waals surface area contributed by atoms with E-state index in [9.17, 15) is 4.79 Å². The standard InChI is InChI=1S/C9H11BrN2O3/c1-15-9(14)7(5-13)12-8-6(10)3-2-4-11-8/h2-4,7,13H,5H2,1H3,(H,11,12). The van der Waals surface area contributed by atoms with Crippen LogP contribution in [0.5, 0.6) is 0 Å². The van der Waals surface area contributed by atoms with Crippen molar-refractivity contribution < 1.29 is 14.6 Å². The van der Waals surface area contributed by atoms with E-state index in [1.54, 1.807) is 18.3 Å². The number of hydrogen-bond donors (Lipinski definition) is 2. The average molecular weight is 275 g/mol. The van der Waals surface area contributed by atoms with Gasteiger partial charge in [0.05, 0.1) is 18.2 Å². The van der Waals surface area contributed by atoms with Crippen LogP contribution in [-0.4, -0.2) is 35.8 Å². The number of pyridine rings is 1. The van der Waals surface area contributed by atoms with E-state index in [1.807, 2.05) is 0 Å². The number of aliphatic hydroxyl groups is 1. The van der Waals surface area contributed by atoms with Crippen molar-refractivity contribution in [1.29, 1.82) is 0 Å². The van der Waals surface area contributed by atoms with Gasteiger partial charge in [0.25, 0.3) is 0 Å². The Morgan fingerprint density at radius 3 is 3.07 bits per heavy atom. The lowest BCUT2D eigenvalue weighted by Crippen LogP contribution is -2.34. The molecule has 0 fully saturated rings. The van der Waals surface area contributed by atoms with Gasteiger partial charge in [-0.05, 0) is 28.1 Å². The fourth-order valence-corrected chi connectivity index (χ4v) is 1.35. The molecule has 1 atom stereocenters. The molecule has 82 valence electrons. The maximum Gasteiger partial charge on any atom is 0.330 e. The summed E-state index contributed by atoms with van der Waals surface area (Å²) < 4.78 is 5.23. The van der Waals surface area contributed by atoms with E-state index in [0.29, 0.717) is 10.3 Å². The molecule has 0 spiro atoms. The summed E-state index contributed by atoms with van der Waals surface area (Å²) in [5.41, 5.74) is 0. The number of rotatable bonds is 4. The van der Waals surface area contributed by atoms with E-state index in [4.69, 9.17) is 5.11 Å². The predicted molar refractivity (Wildman–Crippen MR) is 58.4 cm³/mol. The SMILES string of the molecule is COC(=O)C(CO)Nc1ncccc1Br. The second kappa shape index (κ2) is 5.67. The molecule has 1 unspecified atom stereocenters. The lowest BCUT2D eigenvalue weighted by atomic mass is 10.3. The molecular formula is C9H11BrN2O3. The Hall–Kier alpha value is -1.14. The molecule has 0 amide bonds. The zero-order valence-electron chi connectivity index (χ0n) is 8.11. The van der Waals surface area contributed by atoms with Crippen LogP contribution in [0.3, 0.4) is 0 Å². The van der Waals surface area contributed by atoms with E-state index < -0.39 is 12.0 Å². The van der Waals surface area contributed by atoms with Crippen LogP contribution in [0.25, 0.3) is 0 Å². The minimum Gasteiger partial charge on any atom is -0.467 e. The first-order valence-electron chi connectivity index (χ1n) is 4.24. The summed E-state index contributed by atoms with van der Waals surface area (Å²) in [6, 6.07) is 2.73. The Morgan fingerprint density at radius 2 is 2.53 bits per heavy atom. The third-order valence-electron chi connectivity index (χ3n) is 1.74. The molecule has 0 bridgehead atoms. The minimum absolute atomic E-state index is 0.352. The Balaban J connectivity index is 2.75. The highest BCUT2D eigenvalue weighted by atomic mass is 79.9. The van der Waals surface area contributed by atoms with Gasteiger partial charge in [-0.2, -0.15) is 0 Å². The second-order valence-corrected chi connectivity index (χ2v) is 3.59. The molecular weight excluding hydrogens is 264 g/mol. The van der Waals surface area contributed by atoms with E-state index in [1.165, 1.54) is 7.11 Å². The molecule has 0 aliphatic heterocycles. The lowest BCUT2D eigenvalue weighted by Gasteiger charge is -2.14. The van der Waals surface area contributed by atoms with Gasteiger partial charge >= 0.3 is 5.97 Å². The van der Waals surface area contributed by atoms with Crippen molar-refractivity contribution in [1.82, 2.24) is 4.98 Å². The number of aliphatic hydroxyl groups excluding tert-OH is 1. The van der Waals surface area contributed by atoms with Gasteiger partial charge in [0.15, 0.2) is 0 Å². The molecule has 0 aliphatic carbocycles. The van der Waals surface area contributed by atoms with E-state index >= 15 is 0 Å². The van der Waals surface area contributed by atoms with Crippen LogP contribution in [0.4, 0.5) is 5.82 Å². The molecule has 0 aliphatic rings. The summed E-state index contributed by atoms with van der Waals surface area (Å²) in [7, 11) is 1.26. The molecule has 6 heteroatoms. The monoisotopic (exact) mass is 274 g/mol. The van der Waals surface area contributed by atoms with Gasteiger partial charge in [-0.1, -0.05) is 0 Å². The molecule has 1 rings (SSSR count). The first kappa shape index (κ1) is 11.9. The Morgan fingerprint density at radius 1 is 1.80 bits per heavy atom. The number of nitrogens with one attached hydrogen (secondary N) is 1. The van der Waals surface area contributed by atoms with Crippen LogP contribution in [-0.2, 0) is 9.53 Å². The molecule has 0 saturated heterocycles. The van der Waals surface area contributed by atoms with Crippen molar-refractivity contribution in [2.24, 2.45) is 0 Å². The van der Waals surface area contributed by atoms with Crippen LogP contribution in [0, 0.1) is 0 Å². The number of carbonyl (C=O) groups excluding carboxylic acids is 1. The predicted octanol–water partition coefficient (Wildman–Crippen LogP) is 0.790. The number of methoxy groups -OCH3 is 1. The minimum atomic E-state index is -0.804. The Kier molecular flexibility index (Phi) is 4.51. The fourth-order valence-electron chi connectivity index (χ4n) is 0.978. The van der Waals surface area contributed by atoms with Gasteiger partial charge in [-0.15, -0.1) is 0 Å². The summed E-state index contributed by atoms with van der Waals surface area (Å²) in [6.45, 7) is -0.352. The molecule has 0 radical (unpaired) electrons. The molecule has 1 aromatic rings. The van der Waals surface area contributed by atoms with Crippen LogP contribution in [0.15, 0.2) is 22.8 Å². The Bertz CT molecular complexity index is 346. The van der Waals surface area contributed by atoms with Crippen molar-refractivity contribution in [2.75, 3.05) is 19.0 Å². The maximum absolute atomic E-state index is 11.2. The van der Waals surface area contributed by atoms with Gasteiger partial charge in [0.1, 0.15) is 11.9 Å². The second-order valence-electron chi connectivity index (χ2n) is 2.74. The fraction of sp³-hybridized carbons (Fsp3) is 0.333. The van der Waals surface area contributed by atoms with Crippen molar-refractivity contribution in [2.45, 2.75) is 6.04 Å². The highest BCUT2D eigenvalue weighted by Crippen LogP contribution is 2.19. The number of esters is 1. The number of anilines is 1. The normalized spacial score (nSPS) is 11.9. The van der Waals surface area contributed by atoms with Crippen molar-refractivity contribution in [3.05, 3.63) is 22.8 Å². The van der Waals surface area contributed by atoms with E-state index in [-0.39, 0.29) is 6.61 Å². The summed E-state index contributed by atoms with van der Waals surface area (Å²) in [4.78, 5) is 15.2. The quantitative estimate of drug-likeness (QED) is 0.795. The number of carbonyl (C=O) groups is 1. The molecule has 0 saturated carbocycles. The zero-order chi connectivity index (χ0) is 11.3. The summed E-state index contributed by atoms with van der Waals surface area (Å²) in [5, 5.41) is 11.7. The van der Waals surface area contributed by atoms with Gasteiger partial charge in [-0.3, -0.25) is 0 Å². The summed E-state index contributed by atoms with van der Waals surface area (Å²) in [6.07, 6.45) is 1.58. The average Bonchev–Trinajstić information content (AvgIpc) is 2.27. The van der Waals surface area contributed by atoms with Crippen LogP contribution in [0.1, 0.15) is 0 Å². The van der Waals surface area contributed by atoms with Crippen LogP contribution < -0.4 is 5.32 Å². The van der Waals surface area contributed by atoms with Crippen molar-refractivity contribution in [3.8, 4) is 0 Å². The smallest absolute Gasteiger partial charge is 0.330 e. The lowest BCUT2D eigenvalue weighted by molar-refractivity contribution is -0.142. The first-order chi connectivity index (χ1) is 7.19. The molecule has 0 aromatic carbocycles. The van der Waals surface area contributed by atoms with Crippen LogP contribution in [0.2, 0.25) is 0 Å². The van der Waals surface area contributed by atoms with Gasteiger partial charge in [0, 0.05) is 6.20 Å². The largest absolute Gasteiger partial charge is 0.467 e. The van der Waals surface area contributed by atoms with Crippen molar-refractivity contribution in [3.63, 3.8) is 0 Å². The molecule has 2 N–H and O–H groups in total. The van der Waals surface area contributed by atoms with Crippen molar-refractivity contribution >= 4 is 27.7 Å². The third kappa shape index (κ3) is 3.17.